The molecule has 1 aliphatic heterocycles. The second kappa shape index (κ2) is 8.23. The van der Waals surface area contributed by atoms with Gasteiger partial charge in [-0.1, -0.05) is 24.3 Å². The highest BCUT2D eigenvalue weighted by Gasteiger charge is 2.38. The van der Waals surface area contributed by atoms with Gasteiger partial charge in [-0.2, -0.15) is 15.8 Å². The van der Waals surface area contributed by atoms with Gasteiger partial charge in [0.25, 0.3) is 0 Å². The van der Waals surface area contributed by atoms with E-state index in [9.17, 15) is 5.26 Å². The fraction of sp³-hybridized carbons (Fsp3) is 0.286. The van der Waals surface area contributed by atoms with Crippen LogP contribution in [0.3, 0.4) is 0 Å². The molecule has 1 aromatic carbocycles. The van der Waals surface area contributed by atoms with E-state index in [2.05, 4.69) is 6.07 Å². The van der Waals surface area contributed by atoms with Gasteiger partial charge in [-0.3, -0.25) is 0 Å². The van der Waals surface area contributed by atoms with Gasteiger partial charge in [0.1, 0.15) is 29.4 Å². The van der Waals surface area contributed by atoms with Gasteiger partial charge >= 0.3 is 0 Å². The molecule has 0 bridgehead atoms. The van der Waals surface area contributed by atoms with E-state index in [1.54, 1.807) is 32.1 Å². The van der Waals surface area contributed by atoms with Gasteiger partial charge in [0.05, 0.1) is 6.61 Å². The SMILES string of the molecule is CN(CCO)c1ccc(/C=C/C2=C(C#N)C(=C(C#N)C#N)OC2(C)C)cc1. The first kappa shape index (κ1) is 19.8. The molecule has 0 saturated carbocycles. The van der Waals surface area contributed by atoms with E-state index in [4.69, 9.17) is 20.4 Å². The van der Waals surface area contributed by atoms with Crippen molar-refractivity contribution < 1.29 is 9.84 Å². The fourth-order valence-corrected chi connectivity index (χ4v) is 2.78. The van der Waals surface area contributed by atoms with Crippen LogP contribution in [-0.2, 0) is 4.74 Å². The fourth-order valence-electron chi connectivity index (χ4n) is 2.78. The van der Waals surface area contributed by atoms with Crippen molar-refractivity contribution >= 4 is 11.8 Å². The number of nitriles is 3. The monoisotopic (exact) mass is 360 g/mol. The van der Waals surface area contributed by atoms with E-state index in [0.29, 0.717) is 12.1 Å². The van der Waals surface area contributed by atoms with Crippen molar-refractivity contribution in [3.05, 3.63) is 58.4 Å². The number of ether oxygens (including phenoxy) is 1. The number of hydrogen-bond donors (Lipinski definition) is 1. The van der Waals surface area contributed by atoms with E-state index in [1.807, 2.05) is 42.3 Å². The molecule has 1 aliphatic rings. The molecular weight excluding hydrogens is 340 g/mol. The number of likely N-dealkylation sites (N-methyl/N-ethyl adjacent to an activating group) is 1. The van der Waals surface area contributed by atoms with Crippen molar-refractivity contribution in [3.8, 4) is 18.2 Å². The Morgan fingerprint density at radius 3 is 2.30 bits per heavy atom. The van der Waals surface area contributed by atoms with Crippen LogP contribution in [-0.4, -0.2) is 30.9 Å². The van der Waals surface area contributed by atoms with Crippen LogP contribution < -0.4 is 4.90 Å². The predicted molar refractivity (Wildman–Crippen MR) is 102 cm³/mol. The lowest BCUT2D eigenvalue weighted by atomic mass is 9.94. The average molecular weight is 360 g/mol. The third-order valence-electron chi connectivity index (χ3n) is 4.28. The highest BCUT2D eigenvalue weighted by Crippen LogP contribution is 2.40. The number of rotatable bonds is 5. The lowest BCUT2D eigenvalue weighted by Gasteiger charge is -2.20. The van der Waals surface area contributed by atoms with Gasteiger partial charge in [-0.05, 0) is 31.5 Å². The maximum absolute atomic E-state index is 9.52. The Kier molecular flexibility index (Phi) is 6.03. The number of anilines is 1. The van der Waals surface area contributed by atoms with Crippen molar-refractivity contribution in [1.82, 2.24) is 0 Å². The standard InChI is InChI=1S/C21H20N4O2/c1-21(2)19(18(14-24)20(27-21)16(12-22)13-23)9-6-15-4-7-17(8-5-15)25(3)10-11-26/h4-9,26H,10-11H2,1-3H3/b9-6+. The molecule has 6 nitrogen and oxygen atoms in total. The molecule has 0 aromatic heterocycles. The average Bonchev–Trinajstić information content (AvgIpc) is 2.91. The normalized spacial score (nSPS) is 15.1. The molecule has 136 valence electrons. The van der Waals surface area contributed by atoms with Crippen LogP contribution in [0.15, 0.2) is 52.8 Å². The Balaban J connectivity index is 2.38. The van der Waals surface area contributed by atoms with E-state index >= 15 is 0 Å². The minimum Gasteiger partial charge on any atom is -0.480 e. The van der Waals surface area contributed by atoms with Crippen molar-refractivity contribution in [3.63, 3.8) is 0 Å². The molecule has 1 N–H and O–H groups in total. The van der Waals surface area contributed by atoms with Crippen LogP contribution in [0.25, 0.3) is 6.08 Å². The second-order valence-electron chi connectivity index (χ2n) is 6.51. The molecule has 0 fully saturated rings. The molecular formula is C21H20N4O2. The molecule has 0 atom stereocenters. The maximum Gasteiger partial charge on any atom is 0.172 e. The zero-order chi connectivity index (χ0) is 20.0. The molecule has 0 amide bonds. The molecule has 0 saturated heterocycles. The summed E-state index contributed by atoms with van der Waals surface area (Å²) in [6.07, 6.45) is 3.64. The lowest BCUT2D eigenvalue weighted by Crippen LogP contribution is -2.21. The van der Waals surface area contributed by atoms with Gasteiger partial charge in [0.2, 0.25) is 0 Å². The summed E-state index contributed by atoms with van der Waals surface area (Å²) in [5.41, 5.74) is 1.70. The summed E-state index contributed by atoms with van der Waals surface area (Å²) in [5.74, 6) is 0.0353. The third-order valence-corrected chi connectivity index (χ3v) is 4.28. The molecule has 1 heterocycles. The van der Waals surface area contributed by atoms with Gasteiger partial charge in [0.15, 0.2) is 11.3 Å². The highest BCUT2D eigenvalue weighted by molar-refractivity contribution is 5.65. The second-order valence-corrected chi connectivity index (χ2v) is 6.51. The number of benzene rings is 1. The summed E-state index contributed by atoms with van der Waals surface area (Å²) in [6, 6.07) is 13.4. The Labute approximate surface area is 159 Å². The Morgan fingerprint density at radius 2 is 1.78 bits per heavy atom. The Hall–Kier alpha value is -3.53. The minimum absolute atomic E-state index is 0.0353. The topological polar surface area (TPSA) is 104 Å². The molecule has 27 heavy (non-hydrogen) atoms. The Morgan fingerprint density at radius 1 is 1.15 bits per heavy atom. The van der Waals surface area contributed by atoms with Gasteiger partial charge in [-0.15, -0.1) is 0 Å². The van der Waals surface area contributed by atoms with Gasteiger partial charge in [0, 0.05) is 24.9 Å². The van der Waals surface area contributed by atoms with Gasteiger partial charge in [-0.25, -0.2) is 0 Å². The van der Waals surface area contributed by atoms with E-state index in [1.165, 1.54) is 0 Å². The van der Waals surface area contributed by atoms with Crippen LogP contribution in [0.1, 0.15) is 19.4 Å². The number of nitrogens with zero attached hydrogens (tertiary/aromatic N) is 4. The number of aliphatic hydroxyl groups excluding tert-OH is 1. The van der Waals surface area contributed by atoms with Crippen molar-refractivity contribution in [2.75, 3.05) is 25.1 Å². The first-order valence-corrected chi connectivity index (χ1v) is 8.36. The maximum atomic E-state index is 9.52. The number of hydrogen-bond acceptors (Lipinski definition) is 6. The van der Waals surface area contributed by atoms with E-state index in [0.717, 1.165) is 11.3 Å². The molecule has 2 rings (SSSR count). The van der Waals surface area contributed by atoms with Crippen LogP contribution in [0.2, 0.25) is 0 Å². The summed E-state index contributed by atoms with van der Waals surface area (Å²) in [6.45, 7) is 4.21. The van der Waals surface area contributed by atoms with Crippen LogP contribution >= 0.6 is 0 Å². The molecule has 0 radical (unpaired) electrons. The molecule has 6 heteroatoms. The van der Waals surface area contributed by atoms with Crippen molar-refractivity contribution in [2.24, 2.45) is 0 Å². The van der Waals surface area contributed by atoms with Crippen LogP contribution in [0, 0.1) is 34.0 Å². The quantitative estimate of drug-likeness (QED) is 0.809. The van der Waals surface area contributed by atoms with Crippen LogP contribution in [0.4, 0.5) is 5.69 Å². The number of allylic oxidation sites excluding steroid dienone is 2. The lowest BCUT2D eigenvalue weighted by molar-refractivity contribution is 0.0954. The predicted octanol–water partition coefficient (Wildman–Crippen LogP) is 3.06. The zero-order valence-corrected chi connectivity index (χ0v) is 15.5. The smallest absolute Gasteiger partial charge is 0.172 e. The van der Waals surface area contributed by atoms with Crippen molar-refractivity contribution in [1.29, 1.82) is 15.8 Å². The first-order chi connectivity index (χ1) is 12.9. The first-order valence-electron chi connectivity index (χ1n) is 8.36. The summed E-state index contributed by atoms with van der Waals surface area (Å²) >= 11 is 0. The summed E-state index contributed by atoms with van der Waals surface area (Å²) in [7, 11) is 1.90. The zero-order valence-electron chi connectivity index (χ0n) is 15.5. The van der Waals surface area contributed by atoms with Gasteiger partial charge < -0.3 is 14.7 Å². The Bertz CT molecular complexity index is 916. The molecule has 0 unspecified atom stereocenters. The molecule has 0 spiro atoms. The largest absolute Gasteiger partial charge is 0.480 e. The summed E-state index contributed by atoms with van der Waals surface area (Å²) in [4.78, 5) is 1.94. The van der Waals surface area contributed by atoms with Crippen LogP contribution in [0.5, 0.6) is 0 Å². The van der Waals surface area contributed by atoms with E-state index in [-0.39, 0.29) is 23.5 Å². The molecule has 0 aliphatic carbocycles. The highest BCUT2D eigenvalue weighted by atomic mass is 16.5. The minimum atomic E-state index is -0.822. The number of aliphatic hydroxyl groups is 1. The summed E-state index contributed by atoms with van der Waals surface area (Å²) < 4.78 is 5.73. The van der Waals surface area contributed by atoms with E-state index < -0.39 is 5.60 Å². The molecule has 1 aromatic rings. The summed E-state index contributed by atoms with van der Waals surface area (Å²) in [5, 5.41) is 36.7. The third kappa shape index (κ3) is 4.18. The van der Waals surface area contributed by atoms with Crippen molar-refractivity contribution in [2.45, 2.75) is 19.4 Å².